The molecule has 3 aromatic rings. The molecule has 7 heteroatoms. The van der Waals surface area contributed by atoms with E-state index in [1.165, 1.54) is 23.2 Å². The molecule has 1 atom stereocenters. The highest BCUT2D eigenvalue weighted by molar-refractivity contribution is 5.93. The third-order valence-electron chi connectivity index (χ3n) is 4.13. The predicted octanol–water partition coefficient (Wildman–Crippen LogP) is 3.37. The van der Waals surface area contributed by atoms with Crippen molar-refractivity contribution in [1.29, 1.82) is 0 Å². The van der Waals surface area contributed by atoms with Crippen LogP contribution < -0.4 is 0 Å². The molecule has 0 N–H and O–H groups in total. The topological polar surface area (TPSA) is 89.2 Å². The van der Waals surface area contributed by atoms with E-state index in [9.17, 15) is 14.9 Å². The van der Waals surface area contributed by atoms with Gasteiger partial charge in [0.25, 0.3) is 11.6 Å². The summed E-state index contributed by atoms with van der Waals surface area (Å²) in [7, 11) is 1.64. The molecule has 0 bridgehead atoms. The zero-order chi connectivity index (χ0) is 18.0. The Bertz CT molecular complexity index is 958. The van der Waals surface area contributed by atoms with E-state index in [2.05, 4.69) is 9.97 Å². The largest absolute Gasteiger partial charge is 0.334 e. The van der Waals surface area contributed by atoms with Crippen LogP contribution in [-0.2, 0) is 0 Å². The van der Waals surface area contributed by atoms with E-state index in [1.807, 2.05) is 25.1 Å². The van der Waals surface area contributed by atoms with Gasteiger partial charge >= 0.3 is 0 Å². The second kappa shape index (κ2) is 6.64. The molecule has 0 spiro atoms. The monoisotopic (exact) mass is 336 g/mol. The smallest absolute Gasteiger partial charge is 0.274 e. The molecule has 25 heavy (non-hydrogen) atoms. The summed E-state index contributed by atoms with van der Waals surface area (Å²) in [6.07, 6.45) is 1.45. The molecule has 126 valence electrons. The zero-order valence-corrected chi connectivity index (χ0v) is 13.8. The number of hydrogen-bond acceptors (Lipinski definition) is 5. The highest BCUT2D eigenvalue weighted by atomic mass is 16.6. The number of nitrogens with zero attached hydrogens (tertiary/aromatic N) is 4. The zero-order valence-electron chi connectivity index (χ0n) is 13.8. The lowest BCUT2D eigenvalue weighted by Gasteiger charge is -2.24. The van der Waals surface area contributed by atoms with E-state index in [4.69, 9.17) is 0 Å². The number of non-ortho nitro benzene ring substituents is 1. The lowest BCUT2D eigenvalue weighted by atomic mass is 10.1. The van der Waals surface area contributed by atoms with E-state index in [1.54, 1.807) is 25.2 Å². The second-order valence-electron chi connectivity index (χ2n) is 5.69. The van der Waals surface area contributed by atoms with E-state index in [0.717, 1.165) is 0 Å². The average molecular weight is 336 g/mol. The first-order chi connectivity index (χ1) is 12.0. The number of carbonyl (C=O) groups is 1. The van der Waals surface area contributed by atoms with Gasteiger partial charge in [-0.05, 0) is 24.6 Å². The number of fused-ring (bicyclic) bond motifs is 1. The van der Waals surface area contributed by atoms with Crippen molar-refractivity contribution in [3.8, 4) is 0 Å². The standard InChI is InChI=1S/C18H16N4O3/c1-12(13-6-5-7-14(10-13)22(24)25)21(2)18(23)17-11-19-15-8-3-4-9-16(15)20-17/h3-12H,1-2H3/t12-/m1/s1. The highest BCUT2D eigenvalue weighted by Crippen LogP contribution is 2.24. The molecule has 0 aliphatic carbocycles. The molecule has 2 aromatic carbocycles. The number of benzene rings is 2. The minimum Gasteiger partial charge on any atom is -0.334 e. The fraction of sp³-hybridized carbons (Fsp3) is 0.167. The van der Waals surface area contributed by atoms with Crippen molar-refractivity contribution in [2.45, 2.75) is 13.0 Å². The number of nitro benzene ring substituents is 1. The van der Waals surface area contributed by atoms with Crippen molar-refractivity contribution in [2.24, 2.45) is 0 Å². The first-order valence-electron chi connectivity index (χ1n) is 7.70. The maximum absolute atomic E-state index is 12.7. The molecule has 3 rings (SSSR count). The number of para-hydroxylation sites is 2. The molecule has 0 fully saturated rings. The second-order valence-corrected chi connectivity index (χ2v) is 5.69. The van der Waals surface area contributed by atoms with Gasteiger partial charge in [-0.3, -0.25) is 19.9 Å². The lowest BCUT2D eigenvalue weighted by Crippen LogP contribution is -2.30. The quantitative estimate of drug-likeness (QED) is 0.538. The summed E-state index contributed by atoms with van der Waals surface area (Å²) in [4.78, 5) is 33.3. The first kappa shape index (κ1) is 16.5. The summed E-state index contributed by atoms with van der Waals surface area (Å²) in [6, 6.07) is 13.2. The number of hydrogen-bond donors (Lipinski definition) is 0. The highest BCUT2D eigenvalue weighted by Gasteiger charge is 2.22. The Morgan fingerprint density at radius 3 is 2.60 bits per heavy atom. The van der Waals surface area contributed by atoms with E-state index < -0.39 is 4.92 Å². The van der Waals surface area contributed by atoms with E-state index >= 15 is 0 Å². The summed E-state index contributed by atoms with van der Waals surface area (Å²) < 4.78 is 0. The molecule has 0 saturated heterocycles. The fourth-order valence-electron chi connectivity index (χ4n) is 2.54. The van der Waals surface area contributed by atoms with Crippen LogP contribution in [0.4, 0.5) is 5.69 Å². The summed E-state index contributed by atoms with van der Waals surface area (Å²) in [5, 5.41) is 10.9. The van der Waals surface area contributed by atoms with Gasteiger partial charge in [0, 0.05) is 19.2 Å². The van der Waals surface area contributed by atoms with Gasteiger partial charge in [-0.25, -0.2) is 4.98 Å². The Hall–Kier alpha value is -3.35. The van der Waals surface area contributed by atoms with Gasteiger partial charge in [0.15, 0.2) is 0 Å². The molecule has 7 nitrogen and oxygen atoms in total. The van der Waals surface area contributed by atoms with Crippen LogP contribution in [0, 0.1) is 10.1 Å². The van der Waals surface area contributed by atoms with Crippen molar-refractivity contribution < 1.29 is 9.72 Å². The van der Waals surface area contributed by atoms with Gasteiger partial charge in [0.05, 0.1) is 28.2 Å². The third-order valence-corrected chi connectivity index (χ3v) is 4.13. The molecule has 0 aliphatic heterocycles. The number of nitro groups is 1. The summed E-state index contributed by atoms with van der Waals surface area (Å²) >= 11 is 0. The lowest BCUT2D eigenvalue weighted by molar-refractivity contribution is -0.384. The molecule has 1 heterocycles. The Morgan fingerprint density at radius 1 is 1.16 bits per heavy atom. The molecular weight excluding hydrogens is 320 g/mol. The normalized spacial score (nSPS) is 11.9. The number of amides is 1. The molecule has 0 saturated carbocycles. The fourth-order valence-corrected chi connectivity index (χ4v) is 2.54. The van der Waals surface area contributed by atoms with Crippen LogP contribution in [0.3, 0.4) is 0 Å². The van der Waals surface area contributed by atoms with Crippen molar-refractivity contribution >= 4 is 22.6 Å². The molecule has 0 unspecified atom stereocenters. The average Bonchev–Trinajstić information content (AvgIpc) is 2.65. The Kier molecular flexibility index (Phi) is 4.38. The molecule has 0 radical (unpaired) electrons. The molecule has 1 amide bonds. The van der Waals surface area contributed by atoms with E-state index in [0.29, 0.717) is 16.6 Å². The number of rotatable bonds is 4. The third kappa shape index (κ3) is 3.30. The van der Waals surface area contributed by atoms with Crippen LogP contribution in [-0.4, -0.2) is 32.7 Å². The predicted molar refractivity (Wildman–Crippen MR) is 93.1 cm³/mol. The molecule has 0 aliphatic rings. The minimum absolute atomic E-state index is 0.00399. The van der Waals surface area contributed by atoms with Crippen molar-refractivity contribution in [3.05, 3.63) is 76.1 Å². The van der Waals surface area contributed by atoms with Crippen LogP contribution in [0.5, 0.6) is 0 Å². The van der Waals surface area contributed by atoms with Crippen LogP contribution in [0.1, 0.15) is 29.0 Å². The van der Waals surface area contributed by atoms with Gasteiger partial charge in [-0.15, -0.1) is 0 Å². The Balaban J connectivity index is 1.87. The molecule has 1 aromatic heterocycles. The number of aromatic nitrogens is 2. The van der Waals surface area contributed by atoms with Crippen LogP contribution in [0.25, 0.3) is 11.0 Å². The first-order valence-corrected chi connectivity index (χ1v) is 7.70. The molecular formula is C18H16N4O3. The SMILES string of the molecule is C[C@H](c1cccc([N+](=O)[O-])c1)N(C)C(=O)c1cnc2ccccc2n1. The van der Waals surface area contributed by atoms with Crippen LogP contribution in [0.15, 0.2) is 54.7 Å². The maximum atomic E-state index is 12.7. The van der Waals surface area contributed by atoms with Crippen molar-refractivity contribution in [2.75, 3.05) is 7.05 Å². The van der Waals surface area contributed by atoms with Gasteiger partial charge < -0.3 is 4.90 Å². The summed E-state index contributed by atoms with van der Waals surface area (Å²) in [6.45, 7) is 1.81. The van der Waals surface area contributed by atoms with Crippen molar-refractivity contribution in [3.63, 3.8) is 0 Å². The van der Waals surface area contributed by atoms with Gasteiger partial charge in [0.2, 0.25) is 0 Å². The summed E-state index contributed by atoms with van der Waals surface area (Å²) in [5.41, 5.74) is 2.27. The van der Waals surface area contributed by atoms with Gasteiger partial charge in [-0.2, -0.15) is 0 Å². The minimum atomic E-state index is -0.452. The number of carbonyl (C=O) groups excluding carboxylic acids is 1. The van der Waals surface area contributed by atoms with Crippen molar-refractivity contribution in [1.82, 2.24) is 14.9 Å². The van der Waals surface area contributed by atoms with Gasteiger partial charge in [0.1, 0.15) is 5.69 Å². The maximum Gasteiger partial charge on any atom is 0.274 e. The summed E-state index contributed by atoms with van der Waals surface area (Å²) in [5.74, 6) is -0.294. The van der Waals surface area contributed by atoms with Gasteiger partial charge in [-0.1, -0.05) is 24.3 Å². The van der Waals surface area contributed by atoms with Crippen LogP contribution >= 0.6 is 0 Å². The van der Waals surface area contributed by atoms with Crippen LogP contribution in [0.2, 0.25) is 0 Å². The Morgan fingerprint density at radius 2 is 1.88 bits per heavy atom. The Labute approximate surface area is 144 Å². The van der Waals surface area contributed by atoms with E-state index in [-0.39, 0.29) is 23.3 Å².